The van der Waals surface area contributed by atoms with Crippen LogP contribution in [0.2, 0.25) is 0 Å². The molecule has 1 aliphatic rings. The van der Waals surface area contributed by atoms with Crippen LogP contribution < -0.4 is 14.8 Å². The van der Waals surface area contributed by atoms with Gasteiger partial charge >= 0.3 is 0 Å². The predicted molar refractivity (Wildman–Crippen MR) is 110 cm³/mol. The average Bonchev–Trinajstić information content (AvgIpc) is 3.15. The first-order chi connectivity index (χ1) is 13.2. The third-order valence-electron chi connectivity index (χ3n) is 5.49. The molecular weight excluding hydrogens is 336 g/mol. The summed E-state index contributed by atoms with van der Waals surface area (Å²) in [6, 6.07) is 15.2. The van der Waals surface area contributed by atoms with Crippen molar-refractivity contribution in [3.63, 3.8) is 0 Å². The van der Waals surface area contributed by atoms with Crippen molar-refractivity contribution in [3.05, 3.63) is 59.2 Å². The molecule has 0 saturated carbocycles. The molecule has 2 aromatic carbocycles. The fraction of sp³-hybridized carbons (Fsp3) is 0.478. The van der Waals surface area contributed by atoms with Crippen molar-refractivity contribution in [1.82, 2.24) is 10.2 Å². The Balaban J connectivity index is 1.55. The molecule has 0 bridgehead atoms. The van der Waals surface area contributed by atoms with Crippen LogP contribution in [0.25, 0.3) is 0 Å². The van der Waals surface area contributed by atoms with Crippen LogP contribution in [0.4, 0.5) is 0 Å². The molecule has 1 N–H and O–H groups in total. The second-order valence-electron chi connectivity index (χ2n) is 7.26. The van der Waals surface area contributed by atoms with Gasteiger partial charge in [-0.15, -0.1) is 0 Å². The monoisotopic (exact) mass is 368 g/mol. The molecule has 0 spiro atoms. The Morgan fingerprint density at radius 2 is 2.00 bits per heavy atom. The first-order valence-electron chi connectivity index (χ1n) is 10.00. The molecule has 146 valence electrons. The first kappa shape index (κ1) is 19.7. The molecule has 3 rings (SSSR count). The van der Waals surface area contributed by atoms with Gasteiger partial charge in [0.25, 0.3) is 0 Å². The number of hydrogen-bond acceptors (Lipinski definition) is 4. The van der Waals surface area contributed by atoms with E-state index in [4.69, 9.17) is 9.47 Å². The summed E-state index contributed by atoms with van der Waals surface area (Å²) >= 11 is 0. The highest BCUT2D eigenvalue weighted by molar-refractivity contribution is 5.43. The SMILES string of the molecule is CCN1CCCC1CNCc1ccc(OCc2ccccc2C)c(OC)c1. The number of nitrogens with zero attached hydrogens (tertiary/aromatic N) is 1. The van der Waals surface area contributed by atoms with E-state index in [0.717, 1.165) is 31.1 Å². The second kappa shape index (κ2) is 9.77. The summed E-state index contributed by atoms with van der Waals surface area (Å²) in [5.41, 5.74) is 3.66. The first-order valence-corrected chi connectivity index (χ1v) is 10.00. The van der Waals surface area contributed by atoms with Crippen LogP contribution in [0.1, 0.15) is 36.5 Å². The number of ether oxygens (including phenoxy) is 2. The Labute approximate surface area is 163 Å². The maximum Gasteiger partial charge on any atom is 0.161 e. The van der Waals surface area contributed by atoms with E-state index in [1.807, 2.05) is 18.2 Å². The normalized spacial score (nSPS) is 17.2. The van der Waals surface area contributed by atoms with Crippen molar-refractivity contribution >= 4 is 0 Å². The van der Waals surface area contributed by atoms with Gasteiger partial charge in [0.05, 0.1) is 7.11 Å². The zero-order valence-electron chi connectivity index (χ0n) is 16.8. The van der Waals surface area contributed by atoms with Gasteiger partial charge < -0.3 is 14.8 Å². The van der Waals surface area contributed by atoms with Gasteiger partial charge in [-0.3, -0.25) is 4.90 Å². The number of methoxy groups -OCH3 is 1. The van der Waals surface area contributed by atoms with Crippen molar-refractivity contribution in [2.75, 3.05) is 26.7 Å². The van der Waals surface area contributed by atoms with Gasteiger partial charge in [0.15, 0.2) is 11.5 Å². The van der Waals surface area contributed by atoms with Gasteiger partial charge in [0, 0.05) is 19.1 Å². The number of aryl methyl sites for hydroxylation is 1. The van der Waals surface area contributed by atoms with Gasteiger partial charge in [-0.05, 0) is 61.7 Å². The highest BCUT2D eigenvalue weighted by Crippen LogP contribution is 2.29. The third-order valence-corrected chi connectivity index (χ3v) is 5.49. The molecule has 0 aromatic heterocycles. The van der Waals surface area contributed by atoms with Crippen LogP contribution in [-0.2, 0) is 13.2 Å². The molecule has 4 heteroatoms. The lowest BCUT2D eigenvalue weighted by molar-refractivity contribution is 0.260. The van der Waals surface area contributed by atoms with Crippen LogP contribution >= 0.6 is 0 Å². The van der Waals surface area contributed by atoms with Gasteiger partial charge in [0.1, 0.15) is 6.61 Å². The quantitative estimate of drug-likeness (QED) is 0.721. The molecular formula is C23H32N2O2. The average molecular weight is 369 g/mol. The summed E-state index contributed by atoms with van der Waals surface area (Å²) in [6.45, 7) is 9.18. The largest absolute Gasteiger partial charge is 0.493 e. The molecule has 1 atom stereocenters. The molecule has 1 aliphatic heterocycles. The predicted octanol–water partition coefficient (Wildman–Crippen LogP) is 4.16. The molecule has 0 radical (unpaired) electrons. The number of benzene rings is 2. The smallest absolute Gasteiger partial charge is 0.161 e. The Bertz CT molecular complexity index is 732. The van der Waals surface area contributed by atoms with Gasteiger partial charge in [-0.1, -0.05) is 37.3 Å². The zero-order valence-corrected chi connectivity index (χ0v) is 16.8. The van der Waals surface area contributed by atoms with Crippen LogP contribution in [0.5, 0.6) is 11.5 Å². The van der Waals surface area contributed by atoms with Crippen LogP contribution in [0.3, 0.4) is 0 Å². The minimum atomic E-state index is 0.551. The number of nitrogens with one attached hydrogen (secondary N) is 1. The highest BCUT2D eigenvalue weighted by Gasteiger charge is 2.22. The number of likely N-dealkylation sites (N-methyl/N-ethyl adjacent to an activating group) is 1. The lowest BCUT2D eigenvalue weighted by Crippen LogP contribution is -2.37. The van der Waals surface area contributed by atoms with Crippen molar-refractivity contribution < 1.29 is 9.47 Å². The van der Waals surface area contributed by atoms with Crippen LogP contribution in [0, 0.1) is 6.92 Å². The minimum absolute atomic E-state index is 0.551. The lowest BCUT2D eigenvalue weighted by atomic mass is 10.1. The molecule has 1 unspecified atom stereocenters. The van der Waals surface area contributed by atoms with Gasteiger partial charge in [0.2, 0.25) is 0 Å². The van der Waals surface area contributed by atoms with E-state index in [1.165, 1.54) is 36.1 Å². The van der Waals surface area contributed by atoms with Gasteiger partial charge in [-0.25, -0.2) is 0 Å². The van der Waals surface area contributed by atoms with Crippen molar-refractivity contribution in [3.8, 4) is 11.5 Å². The molecule has 0 aliphatic carbocycles. The Hall–Kier alpha value is -2.04. The van der Waals surface area contributed by atoms with E-state index >= 15 is 0 Å². The third kappa shape index (κ3) is 5.24. The van der Waals surface area contributed by atoms with Crippen molar-refractivity contribution in [2.24, 2.45) is 0 Å². The fourth-order valence-corrected chi connectivity index (χ4v) is 3.79. The zero-order chi connectivity index (χ0) is 19.1. The lowest BCUT2D eigenvalue weighted by Gasteiger charge is -2.23. The molecule has 1 heterocycles. The van der Waals surface area contributed by atoms with E-state index in [0.29, 0.717) is 12.6 Å². The molecule has 0 amide bonds. The van der Waals surface area contributed by atoms with E-state index in [1.54, 1.807) is 7.11 Å². The van der Waals surface area contributed by atoms with Crippen LogP contribution in [0.15, 0.2) is 42.5 Å². The van der Waals surface area contributed by atoms with Crippen molar-refractivity contribution in [2.45, 2.75) is 45.9 Å². The van der Waals surface area contributed by atoms with Gasteiger partial charge in [-0.2, -0.15) is 0 Å². The molecule has 4 nitrogen and oxygen atoms in total. The summed E-state index contributed by atoms with van der Waals surface area (Å²) < 4.78 is 11.6. The summed E-state index contributed by atoms with van der Waals surface area (Å²) in [6.07, 6.45) is 2.62. The Morgan fingerprint density at radius 1 is 1.15 bits per heavy atom. The standard InChI is InChI=1S/C23H32N2O2/c1-4-25-13-7-10-21(25)16-24-15-19-11-12-22(23(14-19)26-3)27-17-20-9-6-5-8-18(20)2/h5-6,8-9,11-12,14,21,24H,4,7,10,13,15-17H2,1-3H3. The number of likely N-dealkylation sites (tertiary alicyclic amines) is 1. The Morgan fingerprint density at radius 3 is 2.78 bits per heavy atom. The summed E-state index contributed by atoms with van der Waals surface area (Å²) in [7, 11) is 1.70. The van der Waals surface area contributed by atoms with E-state index in [-0.39, 0.29) is 0 Å². The second-order valence-corrected chi connectivity index (χ2v) is 7.26. The maximum atomic E-state index is 6.01. The topological polar surface area (TPSA) is 33.7 Å². The molecule has 2 aromatic rings. The Kier molecular flexibility index (Phi) is 7.13. The minimum Gasteiger partial charge on any atom is -0.493 e. The van der Waals surface area contributed by atoms with E-state index in [2.05, 4.69) is 48.3 Å². The maximum absolute atomic E-state index is 6.01. The molecule has 1 fully saturated rings. The van der Waals surface area contributed by atoms with Crippen LogP contribution in [-0.4, -0.2) is 37.7 Å². The molecule has 27 heavy (non-hydrogen) atoms. The van der Waals surface area contributed by atoms with E-state index < -0.39 is 0 Å². The molecule has 1 saturated heterocycles. The number of hydrogen-bond donors (Lipinski definition) is 1. The van der Waals surface area contributed by atoms with Crippen molar-refractivity contribution in [1.29, 1.82) is 0 Å². The summed E-state index contributed by atoms with van der Waals surface area (Å²) in [5.74, 6) is 1.58. The number of rotatable bonds is 9. The fourth-order valence-electron chi connectivity index (χ4n) is 3.79. The van der Waals surface area contributed by atoms with E-state index in [9.17, 15) is 0 Å². The summed E-state index contributed by atoms with van der Waals surface area (Å²) in [5, 5.41) is 3.61. The highest BCUT2D eigenvalue weighted by atomic mass is 16.5. The summed E-state index contributed by atoms with van der Waals surface area (Å²) in [4.78, 5) is 2.57.